The highest BCUT2D eigenvalue weighted by Crippen LogP contribution is 2.31. The molecule has 2 rings (SSSR count). The van der Waals surface area contributed by atoms with Crippen LogP contribution in [-0.2, 0) is 9.59 Å². The molecular weight excluding hydrogens is 302 g/mol. The monoisotopic (exact) mass is 331 g/mol. The van der Waals surface area contributed by atoms with E-state index in [9.17, 15) is 9.59 Å². The van der Waals surface area contributed by atoms with Crippen molar-refractivity contribution in [1.82, 2.24) is 5.32 Å². The van der Waals surface area contributed by atoms with Crippen molar-refractivity contribution in [3.05, 3.63) is 35.4 Å². The highest BCUT2D eigenvalue weighted by atomic mass is 16.4. The molecule has 1 aromatic carbocycles. The number of carbonyl (C=O) groups excluding carboxylic acids is 1. The SMILES string of the molecule is Cc1ccccc1C(CC(C)C)NC(=O)C1CCC(C(=O)O)CC1. The van der Waals surface area contributed by atoms with E-state index in [1.54, 1.807) is 0 Å². The van der Waals surface area contributed by atoms with Gasteiger partial charge in [-0.15, -0.1) is 0 Å². The number of amides is 1. The summed E-state index contributed by atoms with van der Waals surface area (Å²) in [5.41, 5.74) is 2.37. The van der Waals surface area contributed by atoms with Gasteiger partial charge in [-0.2, -0.15) is 0 Å². The van der Waals surface area contributed by atoms with Gasteiger partial charge in [0.1, 0.15) is 0 Å². The van der Waals surface area contributed by atoms with E-state index in [1.807, 2.05) is 12.1 Å². The normalized spacial score (nSPS) is 22.2. The number of hydrogen-bond acceptors (Lipinski definition) is 2. The fourth-order valence-corrected chi connectivity index (χ4v) is 3.60. The molecule has 0 aliphatic heterocycles. The summed E-state index contributed by atoms with van der Waals surface area (Å²) in [5, 5.41) is 12.3. The van der Waals surface area contributed by atoms with Crippen LogP contribution in [0, 0.1) is 24.7 Å². The summed E-state index contributed by atoms with van der Waals surface area (Å²) in [4.78, 5) is 23.7. The Morgan fingerprint density at radius 3 is 2.25 bits per heavy atom. The first-order chi connectivity index (χ1) is 11.4. The summed E-state index contributed by atoms with van der Waals surface area (Å²) in [7, 11) is 0. The van der Waals surface area contributed by atoms with Crippen LogP contribution in [0.4, 0.5) is 0 Å². The first-order valence-electron chi connectivity index (χ1n) is 8.97. The molecule has 132 valence electrons. The molecule has 1 fully saturated rings. The Labute approximate surface area is 144 Å². The number of nitrogens with one attached hydrogen (secondary N) is 1. The van der Waals surface area contributed by atoms with Crippen molar-refractivity contribution in [2.45, 2.75) is 58.9 Å². The van der Waals surface area contributed by atoms with Crippen molar-refractivity contribution < 1.29 is 14.7 Å². The molecule has 1 aliphatic rings. The molecule has 1 atom stereocenters. The average molecular weight is 331 g/mol. The molecule has 1 saturated carbocycles. The molecule has 2 N–H and O–H groups in total. The number of carboxylic acid groups (broad SMARTS) is 1. The Hall–Kier alpha value is -1.84. The summed E-state index contributed by atoms with van der Waals surface area (Å²) in [5.74, 6) is -0.506. The van der Waals surface area contributed by atoms with E-state index in [-0.39, 0.29) is 23.8 Å². The number of rotatable bonds is 6. The Morgan fingerprint density at radius 2 is 1.71 bits per heavy atom. The Morgan fingerprint density at radius 1 is 1.12 bits per heavy atom. The lowest BCUT2D eigenvalue weighted by Gasteiger charge is -2.29. The predicted molar refractivity (Wildman–Crippen MR) is 94.6 cm³/mol. The molecular formula is C20H29NO3. The topological polar surface area (TPSA) is 66.4 Å². The first-order valence-corrected chi connectivity index (χ1v) is 8.97. The van der Waals surface area contributed by atoms with Crippen molar-refractivity contribution in [3.8, 4) is 0 Å². The van der Waals surface area contributed by atoms with Gasteiger partial charge in [0, 0.05) is 5.92 Å². The molecule has 1 aromatic rings. The van der Waals surface area contributed by atoms with Crippen LogP contribution in [0.25, 0.3) is 0 Å². The van der Waals surface area contributed by atoms with Crippen LogP contribution in [0.3, 0.4) is 0 Å². The largest absolute Gasteiger partial charge is 0.481 e. The summed E-state index contributed by atoms with van der Waals surface area (Å²) in [6.07, 6.45) is 3.45. The van der Waals surface area contributed by atoms with Crippen LogP contribution in [0.5, 0.6) is 0 Å². The third-order valence-corrected chi connectivity index (χ3v) is 5.03. The van der Waals surface area contributed by atoms with Gasteiger partial charge in [-0.3, -0.25) is 9.59 Å². The molecule has 0 heterocycles. The molecule has 0 aromatic heterocycles. The van der Waals surface area contributed by atoms with Gasteiger partial charge < -0.3 is 10.4 Å². The fourth-order valence-electron chi connectivity index (χ4n) is 3.60. The van der Waals surface area contributed by atoms with Crippen molar-refractivity contribution in [1.29, 1.82) is 0 Å². The zero-order chi connectivity index (χ0) is 17.7. The smallest absolute Gasteiger partial charge is 0.306 e. The van der Waals surface area contributed by atoms with E-state index in [0.717, 1.165) is 6.42 Å². The molecule has 0 saturated heterocycles. The van der Waals surface area contributed by atoms with E-state index in [0.29, 0.717) is 31.6 Å². The number of hydrogen-bond donors (Lipinski definition) is 2. The highest BCUT2D eigenvalue weighted by molar-refractivity contribution is 5.79. The van der Waals surface area contributed by atoms with Gasteiger partial charge in [-0.1, -0.05) is 38.1 Å². The summed E-state index contributed by atoms with van der Waals surface area (Å²) in [6, 6.07) is 8.22. The van der Waals surface area contributed by atoms with Gasteiger partial charge in [0.05, 0.1) is 12.0 Å². The lowest BCUT2D eigenvalue weighted by Crippen LogP contribution is -2.37. The number of carbonyl (C=O) groups is 2. The van der Waals surface area contributed by atoms with E-state index in [1.165, 1.54) is 11.1 Å². The van der Waals surface area contributed by atoms with Crippen LogP contribution in [0.2, 0.25) is 0 Å². The van der Waals surface area contributed by atoms with Crippen LogP contribution in [0.1, 0.15) is 63.1 Å². The average Bonchev–Trinajstić information content (AvgIpc) is 2.54. The molecule has 0 bridgehead atoms. The Balaban J connectivity index is 2.03. The summed E-state index contributed by atoms with van der Waals surface area (Å²) >= 11 is 0. The molecule has 0 spiro atoms. The van der Waals surface area contributed by atoms with Crippen LogP contribution < -0.4 is 5.32 Å². The molecule has 1 unspecified atom stereocenters. The van der Waals surface area contributed by atoms with Gasteiger partial charge in [0.15, 0.2) is 0 Å². The van der Waals surface area contributed by atoms with Crippen molar-refractivity contribution >= 4 is 11.9 Å². The fraction of sp³-hybridized carbons (Fsp3) is 0.600. The second kappa shape index (κ2) is 8.32. The van der Waals surface area contributed by atoms with Crippen LogP contribution >= 0.6 is 0 Å². The maximum absolute atomic E-state index is 12.7. The maximum Gasteiger partial charge on any atom is 0.306 e. The predicted octanol–water partition coefficient (Wildman–Crippen LogP) is 4.09. The molecule has 1 amide bonds. The molecule has 0 radical (unpaired) electrons. The van der Waals surface area contributed by atoms with Crippen molar-refractivity contribution in [2.24, 2.45) is 17.8 Å². The Bertz CT molecular complexity index is 574. The third-order valence-electron chi connectivity index (χ3n) is 5.03. The summed E-state index contributed by atoms with van der Waals surface area (Å²) < 4.78 is 0. The van der Waals surface area contributed by atoms with Gasteiger partial charge in [-0.25, -0.2) is 0 Å². The lowest BCUT2D eigenvalue weighted by molar-refractivity contribution is -0.144. The minimum Gasteiger partial charge on any atom is -0.481 e. The number of aryl methyl sites for hydroxylation is 1. The van der Waals surface area contributed by atoms with Crippen LogP contribution in [-0.4, -0.2) is 17.0 Å². The number of benzene rings is 1. The highest BCUT2D eigenvalue weighted by Gasteiger charge is 2.31. The Kier molecular flexibility index (Phi) is 6.41. The van der Waals surface area contributed by atoms with Crippen LogP contribution in [0.15, 0.2) is 24.3 Å². The first kappa shape index (κ1) is 18.5. The number of carboxylic acids is 1. The quantitative estimate of drug-likeness (QED) is 0.825. The van der Waals surface area contributed by atoms with Crippen molar-refractivity contribution in [3.63, 3.8) is 0 Å². The third kappa shape index (κ3) is 4.83. The van der Waals surface area contributed by atoms with E-state index in [4.69, 9.17) is 5.11 Å². The number of aliphatic carboxylic acids is 1. The molecule has 1 aliphatic carbocycles. The zero-order valence-corrected chi connectivity index (χ0v) is 14.9. The standard InChI is InChI=1S/C20H29NO3/c1-13(2)12-18(17-7-5-4-6-14(17)3)21-19(22)15-8-10-16(11-9-15)20(23)24/h4-7,13,15-16,18H,8-12H2,1-3H3,(H,21,22)(H,23,24). The van der Waals surface area contributed by atoms with Gasteiger partial charge >= 0.3 is 5.97 Å². The second-order valence-corrected chi connectivity index (χ2v) is 7.43. The molecule has 24 heavy (non-hydrogen) atoms. The minimum absolute atomic E-state index is 0.0240. The van der Waals surface area contributed by atoms with E-state index in [2.05, 4.69) is 38.2 Å². The molecule has 4 nitrogen and oxygen atoms in total. The second-order valence-electron chi connectivity index (χ2n) is 7.43. The molecule has 4 heteroatoms. The van der Waals surface area contributed by atoms with Gasteiger partial charge in [-0.05, 0) is 56.1 Å². The lowest BCUT2D eigenvalue weighted by atomic mass is 9.81. The summed E-state index contributed by atoms with van der Waals surface area (Å²) in [6.45, 7) is 6.40. The van der Waals surface area contributed by atoms with Gasteiger partial charge in [0.2, 0.25) is 5.91 Å². The van der Waals surface area contributed by atoms with Crippen molar-refractivity contribution in [2.75, 3.05) is 0 Å². The van der Waals surface area contributed by atoms with E-state index >= 15 is 0 Å². The maximum atomic E-state index is 12.7. The minimum atomic E-state index is -0.730. The van der Waals surface area contributed by atoms with E-state index < -0.39 is 5.97 Å². The van der Waals surface area contributed by atoms with Gasteiger partial charge in [0.25, 0.3) is 0 Å². The zero-order valence-electron chi connectivity index (χ0n) is 14.9.